The van der Waals surface area contributed by atoms with Crippen molar-refractivity contribution < 1.29 is 9.47 Å². The van der Waals surface area contributed by atoms with E-state index in [4.69, 9.17) is 9.47 Å². The molecule has 0 unspecified atom stereocenters. The summed E-state index contributed by atoms with van der Waals surface area (Å²) in [7, 11) is 0. The van der Waals surface area contributed by atoms with Gasteiger partial charge in [0.05, 0.1) is 0 Å². The fourth-order valence-corrected chi connectivity index (χ4v) is 1.90. The first-order valence-corrected chi connectivity index (χ1v) is 6.65. The topological polar surface area (TPSA) is 18.5 Å². The van der Waals surface area contributed by atoms with Crippen molar-refractivity contribution in [1.82, 2.24) is 0 Å². The molecule has 0 aromatic rings. The molecule has 0 aliphatic carbocycles. The molecule has 1 fully saturated rings. The third-order valence-corrected chi connectivity index (χ3v) is 2.90. The molecule has 1 heterocycles. The first kappa shape index (κ1) is 13.0. The molecule has 0 N–H and O–H groups in total. The zero-order chi connectivity index (χ0) is 10.6. The maximum atomic E-state index is 5.55. The molecular weight excluding hydrogens is 188 g/mol. The molecule has 1 aliphatic rings. The third kappa shape index (κ3) is 8.88. The summed E-state index contributed by atoms with van der Waals surface area (Å²) < 4.78 is 11.1. The van der Waals surface area contributed by atoms with E-state index >= 15 is 0 Å². The number of hydrogen-bond acceptors (Lipinski definition) is 2. The third-order valence-electron chi connectivity index (χ3n) is 2.90. The molecule has 0 aromatic carbocycles. The van der Waals surface area contributed by atoms with Gasteiger partial charge in [0, 0.05) is 26.4 Å². The van der Waals surface area contributed by atoms with Gasteiger partial charge in [-0.2, -0.15) is 0 Å². The van der Waals surface area contributed by atoms with Crippen molar-refractivity contribution in [2.75, 3.05) is 26.4 Å². The first-order chi connectivity index (χ1) is 7.50. The van der Waals surface area contributed by atoms with Crippen molar-refractivity contribution in [2.45, 2.75) is 57.8 Å². The summed E-state index contributed by atoms with van der Waals surface area (Å²) in [4.78, 5) is 0. The molecule has 0 radical (unpaired) electrons. The van der Waals surface area contributed by atoms with Gasteiger partial charge >= 0.3 is 0 Å². The Morgan fingerprint density at radius 1 is 0.333 bits per heavy atom. The molecule has 15 heavy (non-hydrogen) atoms. The predicted octanol–water partition coefficient (Wildman–Crippen LogP) is 3.54. The van der Waals surface area contributed by atoms with E-state index in [0.717, 1.165) is 39.3 Å². The van der Waals surface area contributed by atoms with Crippen LogP contribution in [0.1, 0.15) is 57.8 Å². The second-order valence-electron chi connectivity index (χ2n) is 4.41. The number of hydrogen-bond donors (Lipinski definition) is 0. The Morgan fingerprint density at radius 3 is 1.00 bits per heavy atom. The lowest BCUT2D eigenvalue weighted by molar-refractivity contribution is 0.100. The minimum atomic E-state index is 0.920. The Bertz CT molecular complexity index is 67.1. The van der Waals surface area contributed by atoms with Gasteiger partial charge in [-0.05, 0) is 25.7 Å². The molecule has 0 spiro atoms. The van der Waals surface area contributed by atoms with E-state index in [0.29, 0.717) is 0 Å². The molecule has 0 atom stereocenters. The molecule has 2 heteroatoms. The summed E-state index contributed by atoms with van der Waals surface area (Å²) >= 11 is 0. The average Bonchev–Trinajstić information content (AvgIpc) is 2.27. The average molecular weight is 214 g/mol. The molecule has 1 aliphatic heterocycles. The van der Waals surface area contributed by atoms with Crippen molar-refractivity contribution in [1.29, 1.82) is 0 Å². The maximum absolute atomic E-state index is 5.55. The van der Waals surface area contributed by atoms with Crippen LogP contribution < -0.4 is 0 Å². The highest BCUT2D eigenvalue weighted by atomic mass is 16.5. The summed E-state index contributed by atoms with van der Waals surface area (Å²) in [5.41, 5.74) is 0. The maximum Gasteiger partial charge on any atom is 0.0466 e. The van der Waals surface area contributed by atoms with Crippen LogP contribution in [0.2, 0.25) is 0 Å². The second kappa shape index (κ2) is 10.4. The van der Waals surface area contributed by atoms with Crippen LogP contribution in [-0.4, -0.2) is 26.4 Å². The summed E-state index contributed by atoms with van der Waals surface area (Å²) in [6, 6.07) is 0. The summed E-state index contributed by atoms with van der Waals surface area (Å²) in [6.07, 6.45) is 11.6. The van der Waals surface area contributed by atoms with E-state index in [9.17, 15) is 0 Å². The van der Waals surface area contributed by atoms with Gasteiger partial charge in [0.25, 0.3) is 0 Å². The van der Waals surface area contributed by atoms with Gasteiger partial charge in [0.15, 0.2) is 0 Å². The highest BCUT2D eigenvalue weighted by Gasteiger charge is 1.95. The van der Waals surface area contributed by atoms with Crippen LogP contribution in [0.4, 0.5) is 0 Å². The zero-order valence-electron chi connectivity index (χ0n) is 10.0. The number of rotatable bonds is 0. The van der Waals surface area contributed by atoms with Crippen LogP contribution in [0, 0.1) is 0 Å². The van der Waals surface area contributed by atoms with E-state index in [-0.39, 0.29) is 0 Å². The monoisotopic (exact) mass is 214 g/mol. The fourth-order valence-electron chi connectivity index (χ4n) is 1.90. The van der Waals surface area contributed by atoms with Crippen molar-refractivity contribution in [2.24, 2.45) is 0 Å². The molecule has 0 bridgehead atoms. The Kier molecular flexibility index (Phi) is 9.04. The molecule has 90 valence electrons. The fraction of sp³-hybridized carbons (Fsp3) is 1.00. The van der Waals surface area contributed by atoms with E-state index in [1.165, 1.54) is 44.9 Å². The van der Waals surface area contributed by atoms with Gasteiger partial charge in [-0.3, -0.25) is 0 Å². The lowest BCUT2D eigenvalue weighted by Gasteiger charge is -2.04. The van der Waals surface area contributed by atoms with Gasteiger partial charge in [0.2, 0.25) is 0 Å². The molecule has 2 nitrogen and oxygen atoms in total. The molecule has 0 amide bonds. The van der Waals surface area contributed by atoms with Crippen LogP contribution in [0.3, 0.4) is 0 Å². The highest BCUT2D eigenvalue weighted by molar-refractivity contribution is 4.47. The highest BCUT2D eigenvalue weighted by Crippen LogP contribution is 2.08. The van der Waals surface area contributed by atoms with E-state index in [2.05, 4.69) is 0 Å². The largest absolute Gasteiger partial charge is 0.381 e. The van der Waals surface area contributed by atoms with Crippen LogP contribution in [0.25, 0.3) is 0 Å². The van der Waals surface area contributed by atoms with Crippen molar-refractivity contribution >= 4 is 0 Å². The Labute approximate surface area is 94.3 Å². The quantitative estimate of drug-likeness (QED) is 0.614. The van der Waals surface area contributed by atoms with Gasteiger partial charge in [0.1, 0.15) is 0 Å². The van der Waals surface area contributed by atoms with Crippen LogP contribution in [-0.2, 0) is 9.47 Å². The lowest BCUT2D eigenvalue weighted by atomic mass is 10.1. The Balaban J connectivity index is 2.01. The number of ether oxygens (including phenoxy) is 2. The van der Waals surface area contributed by atoms with Crippen molar-refractivity contribution in [3.63, 3.8) is 0 Å². The van der Waals surface area contributed by atoms with Crippen LogP contribution in [0.5, 0.6) is 0 Å². The Hall–Kier alpha value is -0.0800. The van der Waals surface area contributed by atoms with Crippen LogP contribution in [0.15, 0.2) is 0 Å². The van der Waals surface area contributed by atoms with E-state index < -0.39 is 0 Å². The van der Waals surface area contributed by atoms with Gasteiger partial charge < -0.3 is 9.47 Å². The minimum Gasteiger partial charge on any atom is -0.381 e. The summed E-state index contributed by atoms with van der Waals surface area (Å²) in [6.45, 7) is 3.76. The molecule has 0 aromatic heterocycles. The van der Waals surface area contributed by atoms with Gasteiger partial charge in [-0.15, -0.1) is 0 Å². The standard InChI is InChI=1S/C13H26O2/c1-2-4-6-10-14-12-8-9-13-15-11-7-5-3-1/h1-13H2. The molecule has 0 saturated carbocycles. The normalized spacial score (nSPS) is 24.0. The molecule has 1 rings (SSSR count). The minimum absolute atomic E-state index is 0.920. The predicted molar refractivity (Wildman–Crippen MR) is 63.2 cm³/mol. The summed E-state index contributed by atoms with van der Waals surface area (Å²) in [5.74, 6) is 0. The van der Waals surface area contributed by atoms with Crippen molar-refractivity contribution in [3.8, 4) is 0 Å². The van der Waals surface area contributed by atoms with Crippen LogP contribution >= 0.6 is 0 Å². The van der Waals surface area contributed by atoms with E-state index in [1.54, 1.807) is 0 Å². The second-order valence-corrected chi connectivity index (χ2v) is 4.41. The smallest absolute Gasteiger partial charge is 0.0466 e. The zero-order valence-corrected chi connectivity index (χ0v) is 10.0. The van der Waals surface area contributed by atoms with Crippen molar-refractivity contribution in [3.05, 3.63) is 0 Å². The molecule has 1 saturated heterocycles. The SMILES string of the molecule is C1CCCCOCCCCOCCCC1. The van der Waals surface area contributed by atoms with Gasteiger partial charge in [-0.25, -0.2) is 0 Å². The summed E-state index contributed by atoms with van der Waals surface area (Å²) in [5, 5.41) is 0. The lowest BCUT2D eigenvalue weighted by Crippen LogP contribution is -2.00. The first-order valence-electron chi connectivity index (χ1n) is 6.65. The molecular formula is C13H26O2. The van der Waals surface area contributed by atoms with E-state index in [1.807, 2.05) is 0 Å². The Morgan fingerprint density at radius 2 is 0.600 bits per heavy atom. The van der Waals surface area contributed by atoms with Gasteiger partial charge in [-0.1, -0.05) is 32.1 Å².